The minimum absolute atomic E-state index is 0.00783. The molecule has 0 saturated carbocycles. The minimum Gasteiger partial charge on any atom is -0.487 e. The number of aliphatic hydroxyl groups is 1. The summed E-state index contributed by atoms with van der Waals surface area (Å²) in [5.74, 6) is 0. The van der Waals surface area contributed by atoms with Crippen LogP contribution in [0, 0.1) is 0 Å². The molecule has 0 radical (unpaired) electrons. The second kappa shape index (κ2) is 10.2. The highest BCUT2D eigenvalue weighted by molar-refractivity contribution is 7.80. The Morgan fingerprint density at radius 1 is 0.929 bits per heavy atom. The van der Waals surface area contributed by atoms with Crippen LogP contribution in [0.1, 0.15) is 0 Å². The van der Waals surface area contributed by atoms with Gasteiger partial charge in [-0.1, -0.05) is 0 Å². The standard InChI is InChI=1S/C4H8N2O2S2.CH3NOS/c5-3(9)7-1-2-8-4(6)10;2-1(3)4/h1-2H2,(H2,5,9)(H2,6,10);(H3,2,3,4). The van der Waals surface area contributed by atoms with E-state index in [-0.39, 0.29) is 23.6 Å². The van der Waals surface area contributed by atoms with Gasteiger partial charge in [-0.05, 0) is 36.7 Å². The van der Waals surface area contributed by atoms with Crippen molar-refractivity contribution >= 4 is 52.2 Å². The Morgan fingerprint density at radius 3 is 1.29 bits per heavy atom. The van der Waals surface area contributed by atoms with Gasteiger partial charge in [-0.3, -0.25) is 0 Å². The molecule has 0 aromatic carbocycles. The smallest absolute Gasteiger partial charge is 0.254 e. The van der Waals surface area contributed by atoms with Gasteiger partial charge in [-0.25, -0.2) is 0 Å². The number of nitrogens with two attached hydrogens (primary N) is 3. The fourth-order valence-electron chi connectivity index (χ4n) is 0.285. The highest BCUT2D eigenvalue weighted by Gasteiger charge is 1.90. The average Bonchev–Trinajstić information content (AvgIpc) is 1.96. The molecule has 0 atom stereocenters. The van der Waals surface area contributed by atoms with E-state index >= 15 is 0 Å². The fraction of sp³-hybridized carbons (Fsp3) is 0.400. The van der Waals surface area contributed by atoms with Crippen molar-refractivity contribution in [1.29, 1.82) is 0 Å². The van der Waals surface area contributed by atoms with Gasteiger partial charge in [0.25, 0.3) is 15.5 Å². The van der Waals surface area contributed by atoms with E-state index in [1.807, 2.05) is 0 Å². The largest absolute Gasteiger partial charge is 0.487 e. The molecule has 0 aliphatic carbocycles. The molecule has 7 N–H and O–H groups in total. The van der Waals surface area contributed by atoms with Gasteiger partial charge in [0.15, 0.2) is 0 Å². The normalized spacial score (nSPS) is 7.71. The predicted octanol–water partition coefficient (Wildman–Crippen LogP) is -0.705. The molecule has 0 fully saturated rings. The summed E-state index contributed by atoms with van der Waals surface area (Å²) in [5.41, 5.74) is 14.4. The second-order valence-electron chi connectivity index (χ2n) is 1.67. The quantitative estimate of drug-likeness (QED) is 0.384. The fourth-order valence-corrected chi connectivity index (χ4v) is 0.451. The van der Waals surface area contributed by atoms with Gasteiger partial charge in [0.1, 0.15) is 13.2 Å². The molecule has 0 saturated heterocycles. The third-order valence-corrected chi connectivity index (χ3v) is 0.808. The molecular weight excluding hydrogens is 246 g/mol. The molecule has 0 aliphatic rings. The Labute approximate surface area is 97.3 Å². The monoisotopic (exact) mass is 257 g/mol. The van der Waals surface area contributed by atoms with Crippen molar-refractivity contribution in [3.8, 4) is 0 Å². The zero-order chi connectivity index (χ0) is 11.6. The van der Waals surface area contributed by atoms with Crippen LogP contribution < -0.4 is 17.2 Å². The van der Waals surface area contributed by atoms with E-state index in [0.29, 0.717) is 0 Å². The Hall–Kier alpha value is -0.930. The van der Waals surface area contributed by atoms with Gasteiger partial charge in [-0.2, -0.15) is 0 Å². The molecule has 0 heterocycles. The summed E-state index contributed by atoms with van der Waals surface area (Å²) in [6, 6.07) is 0. The molecule has 6 nitrogen and oxygen atoms in total. The number of thiocarbonyl (C=S) groups is 3. The van der Waals surface area contributed by atoms with Gasteiger partial charge >= 0.3 is 0 Å². The van der Waals surface area contributed by atoms with Crippen LogP contribution in [0.2, 0.25) is 0 Å². The molecule has 0 aliphatic heterocycles. The number of ether oxygens (including phenoxy) is 2. The first kappa shape index (κ1) is 15.5. The van der Waals surface area contributed by atoms with Crippen molar-refractivity contribution in [1.82, 2.24) is 0 Å². The summed E-state index contributed by atoms with van der Waals surface area (Å²) < 4.78 is 9.32. The van der Waals surface area contributed by atoms with E-state index in [0.717, 1.165) is 0 Å². The summed E-state index contributed by atoms with van der Waals surface area (Å²) in [6.07, 6.45) is 0. The summed E-state index contributed by atoms with van der Waals surface area (Å²) in [4.78, 5) is 0. The molecule has 0 rings (SSSR count). The molecule has 0 unspecified atom stereocenters. The van der Waals surface area contributed by atoms with Crippen molar-refractivity contribution in [2.45, 2.75) is 0 Å². The first-order chi connectivity index (χ1) is 6.36. The van der Waals surface area contributed by atoms with E-state index in [1.54, 1.807) is 0 Å². The summed E-state index contributed by atoms with van der Waals surface area (Å²) >= 11 is 12.7. The molecule has 0 bridgehead atoms. The maximum atomic E-state index is 7.56. The van der Waals surface area contributed by atoms with Crippen LogP contribution in [0.25, 0.3) is 0 Å². The third kappa shape index (κ3) is 30.5. The first-order valence-corrected chi connectivity index (χ1v) is 4.41. The molecule has 0 aromatic heterocycles. The number of aliphatic hydroxyl groups excluding tert-OH is 1. The maximum absolute atomic E-state index is 7.56. The lowest BCUT2D eigenvalue weighted by molar-refractivity contribution is 0.205. The Morgan fingerprint density at radius 2 is 1.14 bits per heavy atom. The SMILES string of the molecule is NC(=S)OCCOC(N)=S.NC(O)=S. The van der Waals surface area contributed by atoms with E-state index in [1.165, 1.54) is 0 Å². The average molecular weight is 257 g/mol. The minimum atomic E-state index is -0.500. The number of hydrogen-bond donors (Lipinski definition) is 4. The van der Waals surface area contributed by atoms with E-state index in [2.05, 4.69) is 51.9 Å². The topological polar surface area (TPSA) is 117 Å². The lowest BCUT2D eigenvalue weighted by Gasteiger charge is -2.03. The van der Waals surface area contributed by atoms with E-state index < -0.39 is 5.17 Å². The van der Waals surface area contributed by atoms with Crippen LogP contribution >= 0.6 is 36.7 Å². The Balaban J connectivity index is 0. The van der Waals surface area contributed by atoms with Gasteiger partial charge in [0.05, 0.1) is 0 Å². The second-order valence-corrected chi connectivity index (χ2v) is 2.90. The van der Waals surface area contributed by atoms with Crippen LogP contribution in [0.4, 0.5) is 0 Å². The zero-order valence-electron chi connectivity index (χ0n) is 7.13. The Kier molecular flexibility index (Phi) is 11.3. The van der Waals surface area contributed by atoms with Crippen LogP contribution in [0.5, 0.6) is 0 Å². The molecule has 0 aromatic rings. The van der Waals surface area contributed by atoms with Crippen molar-refractivity contribution in [3.63, 3.8) is 0 Å². The zero-order valence-corrected chi connectivity index (χ0v) is 9.58. The summed E-state index contributed by atoms with van der Waals surface area (Å²) in [6.45, 7) is 0.541. The predicted molar refractivity (Wildman–Crippen MR) is 64.9 cm³/mol. The van der Waals surface area contributed by atoms with Gasteiger partial charge in [0.2, 0.25) is 0 Å². The van der Waals surface area contributed by atoms with Crippen LogP contribution in [-0.2, 0) is 9.47 Å². The molecule has 82 valence electrons. The first-order valence-electron chi connectivity index (χ1n) is 3.19. The van der Waals surface area contributed by atoms with Gasteiger partial charge < -0.3 is 31.8 Å². The van der Waals surface area contributed by atoms with Crippen LogP contribution in [-0.4, -0.2) is 33.8 Å². The molecular formula is C5H11N3O3S3. The number of hydrogen-bond acceptors (Lipinski definition) is 5. The molecule has 14 heavy (non-hydrogen) atoms. The van der Waals surface area contributed by atoms with Crippen LogP contribution in [0.15, 0.2) is 0 Å². The Bertz CT molecular complexity index is 192. The van der Waals surface area contributed by atoms with Gasteiger partial charge in [-0.15, -0.1) is 0 Å². The van der Waals surface area contributed by atoms with Crippen molar-refractivity contribution < 1.29 is 14.6 Å². The van der Waals surface area contributed by atoms with Crippen molar-refractivity contribution in [2.24, 2.45) is 17.2 Å². The summed E-state index contributed by atoms with van der Waals surface area (Å²) in [5, 5.41) is 7.05. The lowest BCUT2D eigenvalue weighted by Crippen LogP contribution is -2.20. The molecule has 0 spiro atoms. The van der Waals surface area contributed by atoms with E-state index in [4.69, 9.17) is 16.6 Å². The van der Waals surface area contributed by atoms with E-state index in [9.17, 15) is 0 Å². The lowest BCUT2D eigenvalue weighted by atomic mass is 10.8. The van der Waals surface area contributed by atoms with Gasteiger partial charge in [0, 0.05) is 0 Å². The molecule has 9 heteroatoms. The van der Waals surface area contributed by atoms with Crippen molar-refractivity contribution in [3.05, 3.63) is 0 Å². The van der Waals surface area contributed by atoms with Crippen LogP contribution in [0.3, 0.4) is 0 Å². The third-order valence-electron chi connectivity index (χ3n) is 0.572. The highest BCUT2D eigenvalue weighted by Crippen LogP contribution is 1.77. The summed E-state index contributed by atoms with van der Waals surface area (Å²) in [7, 11) is 0. The van der Waals surface area contributed by atoms with Crippen molar-refractivity contribution in [2.75, 3.05) is 13.2 Å². The number of rotatable bonds is 3. The molecule has 0 amide bonds. The maximum Gasteiger partial charge on any atom is 0.254 e. The highest BCUT2D eigenvalue weighted by atomic mass is 32.1.